The number of ether oxygens (including phenoxy) is 4. The highest BCUT2D eigenvalue weighted by atomic mass is 16.7. The Hall–Kier alpha value is -0.440. The molecule has 0 aromatic heterocycles. The molecule has 0 unspecified atom stereocenters. The number of methoxy groups -OCH3 is 1. The minimum atomic E-state index is -2.04. The summed E-state index contributed by atoms with van der Waals surface area (Å²) in [6.45, 7) is -1.71. The summed E-state index contributed by atoms with van der Waals surface area (Å²) in [6, 6.07) is 0. The van der Waals surface area contributed by atoms with Gasteiger partial charge in [0.15, 0.2) is 6.29 Å². The van der Waals surface area contributed by atoms with Gasteiger partial charge in [-0.3, -0.25) is 0 Å². The van der Waals surface area contributed by atoms with Crippen LogP contribution in [0, 0.1) is 0 Å². The Balaban J connectivity index is 2.04. The summed E-state index contributed by atoms with van der Waals surface area (Å²) in [7, 11) is 1.23. The second-order valence-corrected chi connectivity index (χ2v) is 5.85. The van der Waals surface area contributed by atoms with E-state index in [-0.39, 0.29) is 0 Å². The maximum Gasteiger partial charge on any atom is 0.221 e. The monoisotopic (exact) mass is 356 g/mol. The van der Waals surface area contributed by atoms with E-state index in [9.17, 15) is 35.7 Å². The van der Waals surface area contributed by atoms with Gasteiger partial charge in [0.05, 0.1) is 13.2 Å². The molecule has 0 aliphatic carbocycles. The van der Waals surface area contributed by atoms with Gasteiger partial charge in [-0.05, 0) is 0 Å². The van der Waals surface area contributed by atoms with Crippen molar-refractivity contribution in [2.75, 3.05) is 26.9 Å². The lowest BCUT2D eigenvalue weighted by molar-refractivity contribution is -0.365. The van der Waals surface area contributed by atoms with Gasteiger partial charge >= 0.3 is 0 Å². The van der Waals surface area contributed by atoms with Crippen molar-refractivity contribution in [3.8, 4) is 0 Å². The fourth-order valence-electron chi connectivity index (χ4n) is 2.67. The van der Waals surface area contributed by atoms with Crippen molar-refractivity contribution in [2.45, 2.75) is 54.8 Å². The number of rotatable bonds is 5. The Morgan fingerprint density at radius 2 is 1.67 bits per heavy atom. The maximum absolute atomic E-state index is 10.0. The first kappa shape index (κ1) is 19.9. The van der Waals surface area contributed by atoms with E-state index in [4.69, 9.17) is 18.9 Å². The van der Waals surface area contributed by atoms with Crippen LogP contribution in [0.2, 0.25) is 0 Å². The second kappa shape index (κ2) is 7.85. The van der Waals surface area contributed by atoms with Crippen molar-refractivity contribution in [1.82, 2.24) is 0 Å². The van der Waals surface area contributed by atoms with Gasteiger partial charge in [0, 0.05) is 7.11 Å². The Kier molecular flexibility index (Phi) is 6.50. The average molecular weight is 356 g/mol. The van der Waals surface area contributed by atoms with Gasteiger partial charge in [-0.2, -0.15) is 0 Å². The average Bonchev–Trinajstić information content (AvgIpc) is 2.59. The van der Waals surface area contributed by atoms with Crippen molar-refractivity contribution >= 4 is 0 Å². The molecular weight excluding hydrogens is 332 g/mol. The first-order valence-electron chi connectivity index (χ1n) is 7.43. The van der Waals surface area contributed by atoms with Crippen molar-refractivity contribution in [3.63, 3.8) is 0 Å². The van der Waals surface area contributed by atoms with E-state index in [2.05, 4.69) is 0 Å². The van der Waals surface area contributed by atoms with Crippen LogP contribution in [0.25, 0.3) is 0 Å². The molecule has 7 N–H and O–H groups in total. The largest absolute Gasteiger partial charge is 0.391 e. The van der Waals surface area contributed by atoms with Gasteiger partial charge in [0.25, 0.3) is 0 Å². The molecule has 9 atom stereocenters. The minimum Gasteiger partial charge on any atom is -0.391 e. The standard InChI is InChI=1S/C13H24O11/c1-21-12-10(19)9(18)8(17)6(24-12)3-23-13(4-14)11(20)7(16)5(15)2-22-13/h5-12,14-20H,2-4H2,1H3/t5-,6-,7-,8+,9+,10-,11+,12+,13+/m1/s1. The number of hydrogen-bond donors (Lipinski definition) is 7. The van der Waals surface area contributed by atoms with Crippen molar-refractivity contribution in [2.24, 2.45) is 0 Å². The zero-order valence-electron chi connectivity index (χ0n) is 13.0. The third-order valence-electron chi connectivity index (χ3n) is 4.28. The zero-order valence-corrected chi connectivity index (χ0v) is 13.0. The van der Waals surface area contributed by atoms with Crippen LogP contribution in [0.3, 0.4) is 0 Å². The normalized spacial score (nSPS) is 50.0. The van der Waals surface area contributed by atoms with Crippen molar-refractivity contribution in [1.29, 1.82) is 0 Å². The molecule has 0 saturated carbocycles. The van der Waals surface area contributed by atoms with E-state index in [1.54, 1.807) is 0 Å². The molecule has 2 aliphatic rings. The summed E-state index contributed by atoms with van der Waals surface area (Å²) >= 11 is 0. The van der Waals surface area contributed by atoms with Crippen LogP contribution in [0.5, 0.6) is 0 Å². The maximum atomic E-state index is 10.0. The molecule has 0 amide bonds. The summed E-state index contributed by atoms with van der Waals surface area (Å²) in [4.78, 5) is 0. The van der Waals surface area contributed by atoms with E-state index >= 15 is 0 Å². The topological polar surface area (TPSA) is 179 Å². The lowest BCUT2D eigenvalue weighted by Gasteiger charge is -2.45. The Morgan fingerprint density at radius 1 is 1.00 bits per heavy atom. The second-order valence-electron chi connectivity index (χ2n) is 5.85. The molecular formula is C13H24O11. The molecule has 2 rings (SSSR count). The third-order valence-corrected chi connectivity index (χ3v) is 4.28. The van der Waals surface area contributed by atoms with Gasteiger partial charge in [0.1, 0.15) is 49.3 Å². The Labute approximate surface area is 137 Å². The lowest BCUT2D eigenvalue weighted by Crippen LogP contribution is -2.65. The summed E-state index contributed by atoms with van der Waals surface area (Å²) in [5, 5.41) is 68.1. The molecule has 0 aromatic carbocycles. The first-order valence-corrected chi connectivity index (χ1v) is 7.43. The van der Waals surface area contributed by atoms with Gasteiger partial charge in [-0.25, -0.2) is 0 Å². The molecule has 0 spiro atoms. The van der Waals surface area contributed by atoms with E-state index in [1.807, 2.05) is 0 Å². The van der Waals surface area contributed by atoms with Crippen LogP contribution in [0.4, 0.5) is 0 Å². The Morgan fingerprint density at radius 3 is 2.25 bits per heavy atom. The van der Waals surface area contributed by atoms with Gasteiger partial charge < -0.3 is 54.7 Å². The van der Waals surface area contributed by atoms with Crippen LogP contribution < -0.4 is 0 Å². The summed E-state index contributed by atoms with van der Waals surface area (Å²) in [5.74, 6) is -2.04. The van der Waals surface area contributed by atoms with E-state index in [0.29, 0.717) is 0 Å². The zero-order chi connectivity index (χ0) is 18.1. The molecule has 2 heterocycles. The molecule has 2 aliphatic heterocycles. The van der Waals surface area contributed by atoms with Gasteiger partial charge in [-0.1, -0.05) is 0 Å². The van der Waals surface area contributed by atoms with E-state index in [0.717, 1.165) is 0 Å². The molecule has 0 aromatic rings. The molecule has 2 saturated heterocycles. The van der Waals surface area contributed by atoms with Crippen LogP contribution in [0.15, 0.2) is 0 Å². The molecule has 0 radical (unpaired) electrons. The predicted octanol–water partition coefficient (Wildman–Crippen LogP) is -4.74. The van der Waals surface area contributed by atoms with Crippen molar-refractivity contribution < 1.29 is 54.7 Å². The smallest absolute Gasteiger partial charge is 0.221 e. The quantitative estimate of drug-likeness (QED) is 0.251. The molecule has 0 bridgehead atoms. The highest BCUT2D eigenvalue weighted by Crippen LogP contribution is 2.29. The van der Waals surface area contributed by atoms with E-state index < -0.39 is 74.6 Å². The van der Waals surface area contributed by atoms with Crippen LogP contribution in [-0.2, 0) is 18.9 Å². The summed E-state index contributed by atoms with van der Waals surface area (Å²) in [5.41, 5.74) is 0. The highest BCUT2D eigenvalue weighted by molar-refractivity contribution is 4.94. The van der Waals surface area contributed by atoms with Crippen LogP contribution in [0.1, 0.15) is 0 Å². The fourth-order valence-corrected chi connectivity index (χ4v) is 2.67. The molecule has 142 valence electrons. The predicted molar refractivity (Wildman–Crippen MR) is 73.4 cm³/mol. The third kappa shape index (κ3) is 3.57. The van der Waals surface area contributed by atoms with Crippen LogP contribution >= 0.6 is 0 Å². The molecule has 11 heteroatoms. The van der Waals surface area contributed by atoms with Crippen LogP contribution in [-0.4, -0.2) is 117 Å². The first-order chi connectivity index (χ1) is 11.3. The fraction of sp³-hybridized carbons (Fsp3) is 1.00. The number of aliphatic hydroxyl groups excluding tert-OH is 7. The Bertz CT molecular complexity index is 407. The van der Waals surface area contributed by atoms with Crippen molar-refractivity contribution in [3.05, 3.63) is 0 Å². The molecule has 11 nitrogen and oxygen atoms in total. The minimum absolute atomic E-state index is 0.394. The SMILES string of the molecule is CO[C@H]1O[C@H](CO[C@]2(CO)OC[C@@H](O)[C@@H](O)[C@@H]2O)[C@H](O)[C@H](O)[C@H]1O. The number of hydrogen-bond acceptors (Lipinski definition) is 11. The lowest BCUT2D eigenvalue weighted by atomic mass is 9.96. The number of aliphatic hydroxyl groups is 7. The van der Waals surface area contributed by atoms with Gasteiger partial charge in [0.2, 0.25) is 5.79 Å². The molecule has 24 heavy (non-hydrogen) atoms. The van der Waals surface area contributed by atoms with Gasteiger partial charge in [-0.15, -0.1) is 0 Å². The van der Waals surface area contributed by atoms with E-state index in [1.165, 1.54) is 7.11 Å². The summed E-state index contributed by atoms with van der Waals surface area (Å²) in [6.07, 6.45) is -11.7. The molecule has 2 fully saturated rings. The highest BCUT2D eigenvalue weighted by Gasteiger charge is 2.52. The summed E-state index contributed by atoms with van der Waals surface area (Å²) < 4.78 is 20.5.